The number of pyridine rings is 1. The van der Waals surface area contributed by atoms with Gasteiger partial charge in [0.15, 0.2) is 5.78 Å². The fourth-order valence-electron chi connectivity index (χ4n) is 7.14. The van der Waals surface area contributed by atoms with Crippen molar-refractivity contribution in [3.8, 4) is 0 Å². The zero-order valence-electron chi connectivity index (χ0n) is 37.6. The number of hydrogen-bond acceptors (Lipinski definition) is 10. The van der Waals surface area contributed by atoms with Crippen molar-refractivity contribution in [1.82, 2.24) is 31.0 Å². The number of nitrogens with two attached hydrogens (primary N) is 1. The summed E-state index contributed by atoms with van der Waals surface area (Å²) in [4.78, 5) is 76.2. The number of amides is 4. The van der Waals surface area contributed by atoms with Crippen LogP contribution in [0.25, 0.3) is 0 Å². The number of hydrazine groups is 1. The van der Waals surface area contributed by atoms with E-state index < -0.39 is 89.9 Å². The highest BCUT2D eigenvalue weighted by molar-refractivity contribution is 5.92. The first-order valence-corrected chi connectivity index (χ1v) is 21.6. The zero-order valence-corrected chi connectivity index (χ0v) is 37.6. The van der Waals surface area contributed by atoms with E-state index in [4.69, 9.17) is 15.2 Å². The molecule has 4 aromatic carbocycles. The monoisotopic (exact) mass is 905 g/mol. The van der Waals surface area contributed by atoms with Crippen LogP contribution in [0.2, 0.25) is 0 Å². The van der Waals surface area contributed by atoms with E-state index in [2.05, 4.69) is 21.0 Å². The van der Waals surface area contributed by atoms with Crippen LogP contribution in [0.5, 0.6) is 0 Å². The van der Waals surface area contributed by atoms with E-state index in [0.29, 0.717) is 22.4 Å². The van der Waals surface area contributed by atoms with Crippen molar-refractivity contribution < 1.29 is 42.2 Å². The van der Waals surface area contributed by atoms with Crippen molar-refractivity contribution >= 4 is 29.8 Å². The predicted molar refractivity (Wildman–Crippen MR) is 244 cm³/mol. The lowest BCUT2D eigenvalue weighted by atomic mass is 9.80. The Morgan fingerprint density at radius 1 is 0.697 bits per heavy atom. The maximum Gasteiger partial charge on any atom is 0.408 e. The number of hydrogen-bond donors (Lipinski definition) is 4. The highest BCUT2D eigenvalue weighted by Crippen LogP contribution is 2.30. The number of nitrogens with one attached hydrogen (secondary N) is 3. The van der Waals surface area contributed by atoms with Crippen LogP contribution in [0.1, 0.15) is 66.5 Å². The van der Waals surface area contributed by atoms with Gasteiger partial charge in [-0.05, 0) is 77.1 Å². The Balaban J connectivity index is 1.54. The fraction of sp³-hybridized carbons (Fsp3) is 0.320. The third kappa shape index (κ3) is 14.8. The van der Waals surface area contributed by atoms with Gasteiger partial charge in [-0.3, -0.25) is 20.0 Å². The van der Waals surface area contributed by atoms with Gasteiger partial charge in [0.1, 0.15) is 30.4 Å². The Morgan fingerprint density at radius 3 is 1.88 bits per heavy atom. The van der Waals surface area contributed by atoms with Crippen molar-refractivity contribution in [3.05, 3.63) is 173 Å². The summed E-state index contributed by atoms with van der Waals surface area (Å²) in [7, 11) is 1.57. The van der Waals surface area contributed by atoms with Gasteiger partial charge in [0, 0.05) is 25.8 Å². The SMILES string of the molecule is CC(C)[C@H](NC(=O)N(C)Cc1ccccn1)C(=O)NN(Cc1ccc(F)cc1)C[C@@H](OC(=O)c1ccccc1)[C@@H](C(=O)[C@@H](NC(=O)OCc1ccccc1)C(C)C)C(N)c1ccc(F)cc1. The molecule has 1 aromatic heterocycles. The minimum Gasteiger partial charge on any atom is -0.456 e. The number of alkyl carbamates (subject to hydrolysis) is 1. The summed E-state index contributed by atoms with van der Waals surface area (Å²) in [6.45, 7) is 6.46. The molecule has 5 atom stereocenters. The fourth-order valence-corrected chi connectivity index (χ4v) is 7.14. The molecule has 0 aliphatic heterocycles. The standard InChI is InChI=1S/C50H57F2N7O7/c1-32(2)44(56-50(64)65-31-35-14-8-6-9-15-35)46(60)42(43(53)36-21-25-39(52)26-22-36)41(66-48(62)37-16-10-7-11-17-37)30-59(28-34-19-23-38(51)24-20-34)57-47(61)45(33(3)4)55-49(63)58(5)29-40-18-12-13-27-54-40/h6-27,32-33,41-45H,28-31,53H2,1-5H3,(H,55,63)(H,56,64)(H,57,61)/t41-,42-,43?,44+,45+/m1/s1. The van der Waals surface area contributed by atoms with Gasteiger partial charge in [0.2, 0.25) is 0 Å². The average molecular weight is 906 g/mol. The molecular formula is C50H57F2N7O7. The summed E-state index contributed by atoms with van der Waals surface area (Å²) in [5.74, 6) is -5.70. The zero-order chi connectivity index (χ0) is 47.8. The van der Waals surface area contributed by atoms with Crippen molar-refractivity contribution in [1.29, 1.82) is 0 Å². The first-order chi connectivity index (χ1) is 31.6. The van der Waals surface area contributed by atoms with Crippen LogP contribution < -0.4 is 21.8 Å². The van der Waals surface area contributed by atoms with Gasteiger partial charge >= 0.3 is 18.1 Å². The summed E-state index contributed by atoms with van der Waals surface area (Å²) in [6, 6.07) is 28.7. The maximum atomic E-state index is 15.2. The number of ether oxygens (including phenoxy) is 2. The molecule has 0 aliphatic rings. The van der Waals surface area contributed by atoms with E-state index in [0.717, 1.165) is 0 Å². The number of nitrogens with zero attached hydrogens (tertiary/aromatic N) is 3. The smallest absolute Gasteiger partial charge is 0.408 e. The number of aromatic nitrogens is 1. The molecule has 66 heavy (non-hydrogen) atoms. The second-order valence-corrected chi connectivity index (χ2v) is 16.6. The normalized spacial score (nSPS) is 13.5. The molecule has 0 aliphatic carbocycles. The van der Waals surface area contributed by atoms with Gasteiger partial charge in [-0.1, -0.05) is 107 Å². The van der Waals surface area contributed by atoms with Crippen molar-refractivity contribution in [3.63, 3.8) is 0 Å². The van der Waals surface area contributed by atoms with E-state index in [-0.39, 0.29) is 25.3 Å². The number of carbonyl (C=O) groups is 5. The molecule has 348 valence electrons. The molecule has 5 rings (SSSR count). The van der Waals surface area contributed by atoms with Gasteiger partial charge in [-0.2, -0.15) is 0 Å². The lowest BCUT2D eigenvalue weighted by Crippen LogP contribution is -2.59. The molecule has 16 heteroatoms. The molecule has 0 bridgehead atoms. The predicted octanol–water partition coefficient (Wildman–Crippen LogP) is 7.12. The molecule has 1 unspecified atom stereocenters. The van der Waals surface area contributed by atoms with Crippen LogP contribution in [-0.4, -0.2) is 76.5 Å². The Kier molecular flexibility index (Phi) is 18.4. The Labute approximate surface area is 383 Å². The van der Waals surface area contributed by atoms with Gasteiger partial charge in [0.25, 0.3) is 5.91 Å². The van der Waals surface area contributed by atoms with Crippen LogP contribution in [0, 0.1) is 29.4 Å². The van der Waals surface area contributed by atoms with Crippen molar-refractivity contribution in [2.24, 2.45) is 23.5 Å². The van der Waals surface area contributed by atoms with Crippen LogP contribution in [-0.2, 0) is 38.8 Å². The number of ketones is 1. The molecule has 0 spiro atoms. The van der Waals surface area contributed by atoms with Crippen LogP contribution in [0.15, 0.2) is 134 Å². The van der Waals surface area contributed by atoms with Gasteiger partial charge in [-0.15, -0.1) is 0 Å². The number of carbonyl (C=O) groups excluding carboxylic acids is 5. The number of halogens is 2. The molecule has 4 amide bonds. The number of benzene rings is 4. The Hall–Kier alpha value is -7.04. The van der Waals surface area contributed by atoms with Crippen LogP contribution in [0.4, 0.5) is 18.4 Å². The number of rotatable bonds is 21. The number of esters is 1. The minimum absolute atomic E-state index is 0.0854. The lowest BCUT2D eigenvalue weighted by Gasteiger charge is -2.37. The molecule has 0 fully saturated rings. The number of Topliss-reactive ketones (excluding diaryl/α,β-unsaturated/α-hetero) is 1. The van der Waals surface area contributed by atoms with E-state index in [9.17, 15) is 28.0 Å². The van der Waals surface area contributed by atoms with Crippen LogP contribution >= 0.6 is 0 Å². The third-order valence-corrected chi connectivity index (χ3v) is 10.8. The first kappa shape index (κ1) is 50.0. The number of urea groups is 1. The second kappa shape index (κ2) is 24.3. The molecule has 0 saturated heterocycles. The molecule has 5 N–H and O–H groups in total. The molecule has 5 aromatic rings. The van der Waals surface area contributed by atoms with Gasteiger partial charge < -0.3 is 30.7 Å². The first-order valence-electron chi connectivity index (χ1n) is 21.6. The van der Waals surface area contributed by atoms with Gasteiger partial charge in [-0.25, -0.2) is 28.2 Å². The third-order valence-electron chi connectivity index (χ3n) is 10.8. The van der Waals surface area contributed by atoms with Crippen LogP contribution in [0.3, 0.4) is 0 Å². The highest BCUT2D eigenvalue weighted by Gasteiger charge is 2.43. The van der Waals surface area contributed by atoms with E-state index in [1.54, 1.807) is 102 Å². The Bertz CT molecular complexity index is 2340. The van der Waals surface area contributed by atoms with Crippen molar-refractivity contribution in [2.45, 2.75) is 71.6 Å². The van der Waals surface area contributed by atoms with Crippen molar-refractivity contribution in [2.75, 3.05) is 13.6 Å². The quantitative estimate of drug-likeness (QED) is 0.0437. The molecule has 1 heterocycles. The van der Waals surface area contributed by atoms with E-state index in [1.165, 1.54) is 70.6 Å². The average Bonchev–Trinajstić information content (AvgIpc) is 3.30. The minimum atomic E-state index is -1.49. The summed E-state index contributed by atoms with van der Waals surface area (Å²) in [5.41, 5.74) is 12.2. The molecule has 14 nitrogen and oxygen atoms in total. The summed E-state index contributed by atoms with van der Waals surface area (Å²) >= 11 is 0. The lowest BCUT2D eigenvalue weighted by molar-refractivity contribution is -0.133. The maximum absolute atomic E-state index is 15.2. The summed E-state index contributed by atoms with van der Waals surface area (Å²) < 4.78 is 40.3. The molecule has 0 radical (unpaired) electrons. The molecule has 0 saturated carbocycles. The Morgan fingerprint density at radius 2 is 1.29 bits per heavy atom. The largest absolute Gasteiger partial charge is 0.456 e. The molecular weight excluding hydrogens is 849 g/mol. The van der Waals surface area contributed by atoms with Gasteiger partial charge in [0.05, 0.1) is 36.3 Å². The second-order valence-electron chi connectivity index (χ2n) is 16.6. The highest BCUT2D eigenvalue weighted by atomic mass is 19.1. The summed E-state index contributed by atoms with van der Waals surface area (Å²) in [5, 5.41) is 6.88. The summed E-state index contributed by atoms with van der Waals surface area (Å²) in [6.07, 6.45) is -0.780. The van der Waals surface area contributed by atoms with E-state index in [1.807, 2.05) is 6.07 Å². The topological polar surface area (TPSA) is 185 Å². The van der Waals surface area contributed by atoms with E-state index >= 15 is 4.79 Å².